The number of aryl methyl sites for hydroxylation is 1. The summed E-state index contributed by atoms with van der Waals surface area (Å²) < 4.78 is 1.97. The lowest BCUT2D eigenvalue weighted by Crippen LogP contribution is -2.50. The number of hydrogen-bond donors (Lipinski definition) is 1. The Bertz CT molecular complexity index is 1700. The van der Waals surface area contributed by atoms with E-state index in [0.717, 1.165) is 65.5 Å². The van der Waals surface area contributed by atoms with Gasteiger partial charge in [0.15, 0.2) is 5.65 Å². The highest BCUT2D eigenvalue weighted by molar-refractivity contribution is 5.92. The molecule has 0 aliphatic carbocycles. The van der Waals surface area contributed by atoms with E-state index >= 15 is 0 Å². The molecule has 0 spiro atoms. The number of nitrogens with one attached hydrogen (secondary N) is 1. The van der Waals surface area contributed by atoms with Gasteiger partial charge in [-0.2, -0.15) is 0 Å². The third kappa shape index (κ3) is 4.92. The predicted octanol–water partition coefficient (Wildman–Crippen LogP) is 4.61. The number of imidazole rings is 1. The second-order valence-corrected chi connectivity index (χ2v) is 10.9. The molecule has 208 valence electrons. The summed E-state index contributed by atoms with van der Waals surface area (Å²) in [7, 11) is 0. The summed E-state index contributed by atoms with van der Waals surface area (Å²) >= 11 is 0. The fraction of sp³-hybridized carbons (Fsp3) is 0.312. The molecule has 0 saturated carbocycles. The van der Waals surface area contributed by atoms with Crippen LogP contribution in [0.3, 0.4) is 0 Å². The molecule has 5 aromatic rings. The molecule has 9 nitrogen and oxygen atoms in total. The van der Waals surface area contributed by atoms with Crippen LogP contribution in [0.4, 0.5) is 17.2 Å². The van der Waals surface area contributed by atoms with Crippen LogP contribution in [0, 0.1) is 6.92 Å². The molecule has 0 atom stereocenters. The van der Waals surface area contributed by atoms with Gasteiger partial charge in [-0.15, -0.1) is 0 Å². The molecule has 0 radical (unpaired) electrons. The van der Waals surface area contributed by atoms with Crippen LogP contribution < -0.4 is 15.1 Å². The highest BCUT2D eigenvalue weighted by Crippen LogP contribution is 2.31. The molecule has 2 aromatic carbocycles. The fourth-order valence-electron chi connectivity index (χ4n) is 6.10. The molecule has 41 heavy (non-hydrogen) atoms. The van der Waals surface area contributed by atoms with E-state index in [9.17, 15) is 4.79 Å². The minimum atomic E-state index is 0.0831. The summed E-state index contributed by atoms with van der Waals surface area (Å²) in [4.78, 5) is 33.9. The zero-order valence-electron chi connectivity index (χ0n) is 23.3. The molecule has 0 bridgehead atoms. The molecule has 2 aliphatic heterocycles. The molecule has 7 rings (SSSR count). The molecule has 1 N–H and O–H groups in total. The standard InChI is InChI=1S/C32H34N8O/c1-23-20-28(26-6-2-3-7-27(26)35-23)38-16-18-39(19-17-38)30(41)22-34-32-31(36-29-21-33-12-15-40(29)32)24-8-10-25(11-9-24)37-13-4-5-14-37/h2-3,6-12,15,20-21,34H,4-5,13-14,16-19,22H2,1H3. The van der Waals surface area contributed by atoms with Crippen LogP contribution in [0.5, 0.6) is 0 Å². The van der Waals surface area contributed by atoms with Crippen LogP contribution in [0.15, 0.2) is 73.2 Å². The third-order valence-electron chi connectivity index (χ3n) is 8.24. The molecule has 5 heterocycles. The van der Waals surface area contributed by atoms with E-state index in [-0.39, 0.29) is 12.5 Å². The lowest BCUT2D eigenvalue weighted by molar-refractivity contribution is -0.129. The Balaban J connectivity index is 1.05. The summed E-state index contributed by atoms with van der Waals surface area (Å²) in [5.41, 5.74) is 7.03. The molecule has 2 aliphatic rings. The number of amides is 1. The lowest BCUT2D eigenvalue weighted by atomic mass is 10.1. The highest BCUT2D eigenvalue weighted by Gasteiger charge is 2.24. The van der Waals surface area contributed by atoms with Gasteiger partial charge >= 0.3 is 0 Å². The highest BCUT2D eigenvalue weighted by atomic mass is 16.2. The molecule has 9 heteroatoms. The van der Waals surface area contributed by atoms with Gasteiger partial charge < -0.3 is 20.0 Å². The predicted molar refractivity (Wildman–Crippen MR) is 164 cm³/mol. The Morgan fingerprint density at radius 3 is 2.49 bits per heavy atom. The number of carbonyl (C=O) groups excluding carboxylic acids is 1. The summed E-state index contributed by atoms with van der Waals surface area (Å²) in [6, 6.07) is 19.0. The fourth-order valence-corrected chi connectivity index (χ4v) is 6.10. The largest absolute Gasteiger partial charge is 0.372 e. The number of fused-ring (bicyclic) bond motifs is 2. The van der Waals surface area contributed by atoms with Crippen LogP contribution in [-0.4, -0.2) is 76.0 Å². The Kier molecular flexibility index (Phi) is 6.62. The number of piperazine rings is 1. The van der Waals surface area contributed by atoms with Crippen LogP contribution in [0.2, 0.25) is 0 Å². The van der Waals surface area contributed by atoms with Crippen molar-refractivity contribution in [1.82, 2.24) is 24.3 Å². The van der Waals surface area contributed by atoms with Crippen molar-refractivity contribution in [3.63, 3.8) is 0 Å². The summed E-state index contributed by atoms with van der Waals surface area (Å²) in [6.07, 6.45) is 7.87. The molecule has 0 unspecified atom stereocenters. The van der Waals surface area contributed by atoms with E-state index in [1.54, 1.807) is 12.4 Å². The maximum absolute atomic E-state index is 13.4. The second-order valence-electron chi connectivity index (χ2n) is 10.9. The van der Waals surface area contributed by atoms with Crippen molar-refractivity contribution in [2.45, 2.75) is 19.8 Å². The summed E-state index contributed by atoms with van der Waals surface area (Å²) in [5.74, 6) is 0.891. The van der Waals surface area contributed by atoms with Gasteiger partial charge in [0, 0.05) is 79.7 Å². The normalized spacial score (nSPS) is 15.7. The Labute approximate surface area is 239 Å². The SMILES string of the molecule is Cc1cc(N2CCN(C(=O)CNc3c(-c4ccc(N5CCCC5)cc4)nc4cnccn34)CC2)c2ccccc2n1. The third-order valence-corrected chi connectivity index (χ3v) is 8.24. The number of aromatic nitrogens is 4. The van der Waals surface area contributed by atoms with Gasteiger partial charge in [0.1, 0.15) is 11.5 Å². The second kappa shape index (κ2) is 10.7. The van der Waals surface area contributed by atoms with Gasteiger partial charge in [0.05, 0.1) is 18.3 Å². The van der Waals surface area contributed by atoms with Crippen molar-refractivity contribution in [2.24, 2.45) is 0 Å². The van der Waals surface area contributed by atoms with E-state index in [0.29, 0.717) is 13.1 Å². The van der Waals surface area contributed by atoms with Crippen LogP contribution >= 0.6 is 0 Å². The monoisotopic (exact) mass is 546 g/mol. The quantitative estimate of drug-likeness (QED) is 0.333. The molecule has 2 fully saturated rings. The zero-order valence-corrected chi connectivity index (χ0v) is 23.3. The molecule has 2 saturated heterocycles. The first kappa shape index (κ1) is 25.3. The van der Waals surface area contributed by atoms with Gasteiger partial charge in [0.25, 0.3) is 0 Å². The lowest BCUT2D eigenvalue weighted by Gasteiger charge is -2.36. The Hall–Kier alpha value is -4.66. The number of benzene rings is 2. The Morgan fingerprint density at radius 2 is 1.68 bits per heavy atom. The number of carbonyl (C=O) groups is 1. The average molecular weight is 547 g/mol. The van der Waals surface area contributed by atoms with Crippen molar-refractivity contribution in [1.29, 1.82) is 0 Å². The zero-order chi connectivity index (χ0) is 27.8. The maximum Gasteiger partial charge on any atom is 0.242 e. The van der Waals surface area contributed by atoms with Gasteiger partial charge in [-0.1, -0.05) is 30.3 Å². The number of para-hydroxylation sites is 1. The maximum atomic E-state index is 13.4. The van der Waals surface area contributed by atoms with Gasteiger partial charge in [-0.25, -0.2) is 4.98 Å². The topological polar surface area (TPSA) is 81.9 Å². The van der Waals surface area contributed by atoms with E-state index in [1.165, 1.54) is 24.2 Å². The van der Waals surface area contributed by atoms with Gasteiger partial charge in [0.2, 0.25) is 5.91 Å². The number of hydrogen-bond acceptors (Lipinski definition) is 7. The minimum absolute atomic E-state index is 0.0831. The number of pyridine rings is 1. The summed E-state index contributed by atoms with van der Waals surface area (Å²) in [6.45, 7) is 7.39. The number of nitrogens with zero attached hydrogens (tertiary/aromatic N) is 7. The van der Waals surface area contributed by atoms with Gasteiger partial charge in [-0.3, -0.25) is 19.2 Å². The van der Waals surface area contributed by atoms with Crippen molar-refractivity contribution in [2.75, 3.05) is 60.9 Å². The van der Waals surface area contributed by atoms with E-state index in [1.807, 2.05) is 28.5 Å². The van der Waals surface area contributed by atoms with Crippen molar-refractivity contribution in [3.05, 3.63) is 78.9 Å². The minimum Gasteiger partial charge on any atom is -0.372 e. The molecular formula is C32H34N8O. The van der Waals surface area contributed by atoms with Gasteiger partial charge in [-0.05, 0) is 44.0 Å². The Morgan fingerprint density at radius 1 is 0.902 bits per heavy atom. The average Bonchev–Trinajstić information content (AvgIpc) is 3.68. The molecule has 3 aromatic heterocycles. The molecule has 1 amide bonds. The number of rotatable bonds is 6. The van der Waals surface area contributed by atoms with Crippen molar-refractivity contribution in [3.8, 4) is 11.3 Å². The molecular weight excluding hydrogens is 512 g/mol. The van der Waals surface area contributed by atoms with Crippen LogP contribution in [0.1, 0.15) is 18.5 Å². The first-order valence-corrected chi connectivity index (χ1v) is 14.4. The number of anilines is 3. The van der Waals surface area contributed by atoms with Crippen LogP contribution in [-0.2, 0) is 4.79 Å². The van der Waals surface area contributed by atoms with Crippen LogP contribution in [0.25, 0.3) is 27.8 Å². The van der Waals surface area contributed by atoms with E-state index in [2.05, 4.69) is 73.6 Å². The van der Waals surface area contributed by atoms with Crippen molar-refractivity contribution < 1.29 is 4.79 Å². The smallest absolute Gasteiger partial charge is 0.242 e. The summed E-state index contributed by atoms with van der Waals surface area (Å²) in [5, 5.41) is 4.58. The van der Waals surface area contributed by atoms with E-state index in [4.69, 9.17) is 4.98 Å². The first-order chi connectivity index (χ1) is 20.1. The van der Waals surface area contributed by atoms with E-state index < -0.39 is 0 Å². The van der Waals surface area contributed by atoms with Crippen molar-refractivity contribution >= 4 is 39.6 Å². The first-order valence-electron chi connectivity index (χ1n) is 14.4.